The average molecular weight is 473 g/mol. The fraction of sp³-hybridized carbons (Fsp3) is 0.462. The maximum Gasteiger partial charge on any atom is 0.412 e. The number of hydrogen-bond donors (Lipinski definition) is 1. The number of hydrogen-bond acceptors (Lipinski definition) is 5. The highest BCUT2D eigenvalue weighted by molar-refractivity contribution is 6.33. The van der Waals surface area contributed by atoms with Gasteiger partial charge in [0.15, 0.2) is 0 Å². The Morgan fingerprint density at radius 1 is 1.36 bits per heavy atom. The number of nitrogens with one attached hydrogen (secondary N) is 1. The summed E-state index contributed by atoms with van der Waals surface area (Å²) < 4.78 is 17.2. The second kappa shape index (κ2) is 11.4. The standard InChI is InChI=1S/C26H33ClN2O4/c1-5-7-15-31-24-21-17-22(27)23(16-19(21)10-14-28-24)33-20-8-12-26(11-6-2,13-9-20)29-25(30)32-18(3)4/h6,10,14,16-17,20H,2-3,5,7-9,11-13,15H2,1,4H3,(H,29,30). The van der Waals surface area contributed by atoms with Gasteiger partial charge in [0.25, 0.3) is 0 Å². The second-order valence-electron chi connectivity index (χ2n) is 8.63. The van der Waals surface area contributed by atoms with E-state index in [0.717, 1.165) is 49.3 Å². The molecule has 0 saturated heterocycles. The zero-order valence-electron chi connectivity index (χ0n) is 19.5. The monoisotopic (exact) mass is 472 g/mol. The summed E-state index contributed by atoms with van der Waals surface area (Å²) in [5, 5.41) is 5.39. The molecule has 33 heavy (non-hydrogen) atoms. The van der Waals surface area contributed by atoms with E-state index in [4.69, 9.17) is 25.8 Å². The van der Waals surface area contributed by atoms with E-state index in [-0.39, 0.29) is 6.10 Å². The molecule has 1 aromatic carbocycles. The van der Waals surface area contributed by atoms with Gasteiger partial charge in [-0.1, -0.05) is 37.6 Å². The molecule has 0 atom stereocenters. The van der Waals surface area contributed by atoms with Gasteiger partial charge < -0.3 is 19.5 Å². The van der Waals surface area contributed by atoms with Crippen LogP contribution in [-0.4, -0.2) is 29.3 Å². The Hall–Kier alpha value is -2.73. The number of benzene rings is 1. The molecule has 7 heteroatoms. The van der Waals surface area contributed by atoms with Crippen LogP contribution in [0.2, 0.25) is 5.02 Å². The molecule has 0 spiro atoms. The molecule has 0 aliphatic heterocycles. The molecule has 178 valence electrons. The van der Waals surface area contributed by atoms with E-state index in [2.05, 4.69) is 30.4 Å². The fourth-order valence-corrected chi connectivity index (χ4v) is 4.37. The van der Waals surface area contributed by atoms with Gasteiger partial charge in [-0.05, 0) is 69.0 Å². The van der Waals surface area contributed by atoms with Crippen molar-refractivity contribution in [3.63, 3.8) is 0 Å². The van der Waals surface area contributed by atoms with Crippen LogP contribution < -0.4 is 14.8 Å². The zero-order chi connectivity index (χ0) is 23.8. The number of ether oxygens (including phenoxy) is 3. The molecule has 1 aliphatic rings. The molecule has 1 aliphatic carbocycles. The van der Waals surface area contributed by atoms with Crippen LogP contribution in [0.4, 0.5) is 4.79 Å². The van der Waals surface area contributed by atoms with E-state index in [0.29, 0.717) is 35.4 Å². The van der Waals surface area contributed by atoms with Gasteiger partial charge in [0, 0.05) is 17.1 Å². The number of halogens is 1. The van der Waals surface area contributed by atoms with Gasteiger partial charge >= 0.3 is 6.09 Å². The molecule has 1 aromatic heterocycles. The zero-order valence-corrected chi connectivity index (χ0v) is 20.2. The summed E-state index contributed by atoms with van der Waals surface area (Å²) in [5.41, 5.74) is -0.391. The Balaban J connectivity index is 1.68. The second-order valence-corrected chi connectivity index (χ2v) is 9.04. The van der Waals surface area contributed by atoms with Crippen LogP contribution in [0.15, 0.2) is 49.4 Å². The molecule has 0 bridgehead atoms. The summed E-state index contributed by atoms with van der Waals surface area (Å²) >= 11 is 6.58. The smallest absolute Gasteiger partial charge is 0.412 e. The van der Waals surface area contributed by atoms with Crippen molar-refractivity contribution in [3.8, 4) is 11.6 Å². The summed E-state index contributed by atoms with van der Waals surface area (Å²) in [4.78, 5) is 16.5. The van der Waals surface area contributed by atoms with Gasteiger partial charge in [-0.3, -0.25) is 0 Å². The van der Waals surface area contributed by atoms with E-state index in [9.17, 15) is 4.79 Å². The number of allylic oxidation sites excluding steroid dienone is 1. The molecule has 1 amide bonds. The number of carbonyl (C=O) groups excluding carboxylic acids is 1. The summed E-state index contributed by atoms with van der Waals surface area (Å²) in [6, 6.07) is 5.74. The summed E-state index contributed by atoms with van der Waals surface area (Å²) in [6.07, 6.45) is 8.83. The number of fused-ring (bicyclic) bond motifs is 1. The summed E-state index contributed by atoms with van der Waals surface area (Å²) in [7, 11) is 0. The molecular formula is C26H33ClN2O4. The van der Waals surface area contributed by atoms with E-state index >= 15 is 0 Å². The van der Waals surface area contributed by atoms with Crippen LogP contribution in [0.5, 0.6) is 11.6 Å². The minimum Gasteiger partial charge on any atom is -0.489 e. The maximum atomic E-state index is 12.2. The Kier molecular flexibility index (Phi) is 8.61. The van der Waals surface area contributed by atoms with Crippen molar-refractivity contribution in [3.05, 3.63) is 54.4 Å². The van der Waals surface area contributed by atoms with Crippen molar-refractivity contribution < 1.29 is 19.0 Å². The third-order valence-corrected chi connectivity index (χ3v) is 6.16. The fourth-order valence-electron chi connectivity index (χ4n) is 4.16. The van der Waals surface area contributed by atoms with Crippen molar-refractivity contribution in [2.75, 3.05) is 6.61 Å². The van der Waals surface area contributed by atoms with E-state index in [1.165, 1.54) is 0 Å². The van der Waals surface area contributed by atoms with Crippen LogP contribution in [-0.2, 0) is 4.74 Å². The van der Waals surface area contributed by atoms with Crippen LogP contribution in [0.25, 0.3) is 10.8 Å². The van der Waals surface area contributed by atoms with Crippen molar-refractivity contribution in [1.82, 2.24) is 10.3 Å². The third kappa shape index (κ3) is 6.64. The van der Waals surface area contributed by atoms with Crippen molar-refractivity contribution in [1.29, 1.82) is 0 Å². The lowest BCUT2D eigenvalue weighted by atomic mass is 9.78. The van der Waals surface area contributed by atoms with Crippen LogP contribution in [0, 0.1) is 0 Å². The Morgan fingerprint density at radius 2 is 2.12 bits per heavy atom. The van der Waals surface area contributed by atoms with Crippen molar-refractivity contribution in [2.24, 2.45) is 0 Å². The number of carbonyl (C=O) groups is 1. The minimum atomic E-state index is -0.480. The van der Waals surface area contributed by atoms with Crippen molar-refractivity contribution >= 4 is 28.5 Å². The first-order chi connectivity index (χ1) is 15.9. The first-order valence-electron chi connectivity index (χ1n) is 11.5. The maximum absolute atomic E-state index is 12.2. The Bertz CT molecular complexity index is 999. The highest BCUT2D eigenvalue weighted by Crippen LogP contribution is 2.38. The molecule has 0 unspecified atom stereocenters. The molecule has 3 rings (SSSR count). The number of nitrogens with zero attached hydrogens (tertiary/aromatic N) is 1. The van der Waals surface area contributed by atoms with Gasteiger partial charge in [0.2, 0.25) is 5.88 Å². The average Bonchev–Trinajstić information content (AvgIpc) is 2.76. The van der Waals surface area contributed by atoms with E-state index < -0.39 is 11.6 Å². The van der Waals surface area contributed by atoms with Gasteiger partial charge in [-0.15, -0.1) is 6.58 Å². The van der Waals surface area contributed by atoms with Gasteiger partial charge in [0.05, 0.1) is 23.5 Å². The molecule has 1 saturated carbocycles. The number of unbranched alkanes of at least 4 members (excludes halogenated alkanes) is 1. The molecule has 1 heterocycles. The summed E-state index contributed by atoms with van der Waals surface area (Å²) in [5.74, 6) is 1.60. The lowest BCUT2D eigenvalue weighted by molar-refractivity contribution is 0.0955. The van der Waals surface area contributed by atoms with Gasteiger partial charge in [-0.25, -0.2) is 9.78 Å². The topological polar surface area (TPSA) is 69.7 Å². The number of aromatic nitrogens is 1. The molecule has 1 fully saturated rings. The summed E-state index contributed by atoms with van der Waals surface area (Å²) in [6.45, 7) is 11.9. The van der Waals surface area contributed by atoms with Gasteiger partial charge in [-0.2, -0.15) is 0 Å². The highest BCUT2D eigenvalue weighted by atomic mass is 35.5. The highest BCUT2D eigenvalue weighted by Gasteiger charge is 2.37. The number of pyridine rings is 1. The van der Waals surface area contributed by atoms with Crippen LogP contribution >= 0.6 is 11.6 Å². The Morgan fingerprint density at radius 3 is 2.79 bits per heavy atom. The largest absolute Gasteiger partial charge is 0.489 e. The lowest BCUT2D eigenvalue weighted by Crippen LogP contribution is -2.51. The first kappa shape index (κ1) is 24.9. The minimum absolute atomic E-state index is 0.000960. The van der Waals surface area contributed by atoms with E-state index in [1.54, 1.807) is 13.1 Å². The third-order valence-electron chi connectivity index (χ3n) is 5.87. The number of alkyl carbamates (subject to hydrolysis) is 1. The lowest BCUT2D eigenvalue weighted by Gasteiger charge is -2.40. The predicted molar refractivity (Wildman–Crippen MR) is 132 cm³/mol. The normalized spacial score (nSPS) is 20.2. The molecule has 2 aromatic rings. The molecule has 0 radical (unpaired) electrons. The number of amides is 1. The van der Waals surface area contributed by atoms with E-state index in [1.807, 2.05) is 24.3 Å². The SMILES string of the molecule is C=CCC1(NC(=O)OC(=C)C)CCC(Oc2cc3ccnc(OCCCC)c3cc2Cl)CC1. The number of rotatable bonds is 10. The van der Waals surface area contributed by atoms with Crippen LogP contribution in [0.1, 0.15) is 58.8 Å². The predicted octanol–water partition coefficient (Wildman–Crippen LogP) is 6.96. The Labute approximate surface area is 201 Å². The molecular weight excluding hydrogens is 440 g/mol. The molecule has 1 N–H and O–H groups in total. The molecule has 6 nitrogen and oxygen atoms in total. The van der Waals surface area contributed by atoms with Crippen LogP contribution in [0.3, 0.4) is 0 Å². The first-order valence-corrected chi connectivity index (χ1v) is 11.9. The van der Waals surface area contributed by atoms with Gasteiger partial charge in [0.1, 0.15) is 5.75 Å². The quantitative estimate of drug-likeness (QED) is 0.230. The van der Waals surface area contributed by atoms with Crippen molar-refractivity contribution in [2.45, 2.75) is 70.4 Å².